The molecular weight excluding hydrogens is 417 g/mol. The molecule has 0 radical (unpaired) electrons. The number of rotatable bonds is 6. The van der Waals surface area contributed by atoms with E-state index < -0.39 is 5.97 Å². The average Bonchev–Trinajstić information content (AvgIpc) is 3.07. The van der Waals surface area contributed by atoms with E-state index in [-0.39, 0.29) is 11.6 Å². The van der Waals surface area contributed by atoms with Gasteiger partial charge in [-0.25, -0.2) is 9.79 Å². The Labute approximate surface area is 178 Å². The average molecular weight is 434 g/mol. The molecule has 150 valence electrons. The van der Waals surface area contributed by atoms with E-state index in [0.29, 0.717) is 38.4 Å². The van der Waals surface area contributed by atoms with Crippen LogP contribution in [0.4, 0.5) is 0 Å². The van der Waals surface area contributed by atoms with Crippen LogP contribution in [-0.4, -0.2) is 33.2 Å². The second-order valence-corrected chi connectivity index (χ2v) is 6.55. The Bertz CT molecular complexity index is 1040. The molecule has 1 aliphatic heterocycles. The molecule has 1 heterocycles. The van der Waals surface area contributed by atoms with Crippen molar-refractivity contribution in [1.29, 1.82) is 0 Å². The summed E-state index contributed by atoms with van der Waals surface area (Å²) in [4.78, 5) is 16.4. The number of aliphatic imine (C=N–C) groups is 1. The van der Waals surface area contributed by atoms with E-state index in [1.54, 1.807) is 48.6 Å². The molecule has 1 aliphatic rings. The maximum Gasteiger partial charge on any atom is 0.363 e. The third kappa shape index (κ3) is 4.39. The molecule has 6 nitrogen and oxygen atoms in total. The van der Waals surface area contributed by atoms with E-state index in [0.717, 1.165) is 0 Å². The molecule has 0 unspecified atom stereocenters. The Morgan fingerprint density at radius 2 is 1.69 bits per heavy atom. The van der Waals surface area contributed by atoms with Gasteiger partial charge in [0.15, 0.2) is 17.2 Å². The van der Waals surface area contributed by atoms with Crippen molar-refractivity contribution >= 4 is 47.2 Å². The van der Waals surface area contributed by atoms with E-state index in [1.807, 2.05) is 0 Å². The lowest BCUT2D eigenvalue weighted by molar-refractivity contribution is -0.129. The molecule has 0 N–H and O–H groups in total. The Kier molecular flexibility index (Phi) is 6.46. The summed E-state index contributed by atoms with van der Waals surface area (Å²) in [7, 11) is 4.53. The number of esters is 1. The second-order valence-electron chi connectivity index (χ2n) is 5.77. The van der Waals surface area contributed by atoms with Crippen LogP contribution in [0.5, 0.6) is 17.2 Å². The van der Waals surface area contributed by atoms with Crippen LogP contribution in [0.25, 0.3) is 12.2 Å². The van der Waals surface area contributed by atoms with Gasteiger partial charge in [0.25, 0.3) is 0 Å². The number of halogens is 2. The summed E-state index contributed by atoms with van der Waals surface area (Å²) < 4.78 is 21.2. The molecule has 0 aromatic heterocycles. The van der Waals surface area contributed by atoms with E-state index in [9.17, 15) is 4.79 Å². The number of ether oxygens (including phenoxy) is 4. The van der Waals surface area contributed by atoms with Crippen molar-refractivity contribution in [2.75, 3.05) is 21.3 Å². The summed E-state index contributed by atoms with van der Waals surface area (Å²) in [5.41, 5.74) is 1.38. The van der Waals surface area contributed by atoms with E-state index in [4.69, 9.17) is 42.1 Å². The van der Waals surface area contributed by atoms with Crippen molar-refractivity contribution in [3.63, 3.8) is 0 Å². The first-order valence-corrected chi connectivity index (χ1v) is 9.17. The third-order valence-corrected chi connectivity index (χ3v) is 4.88. The molecule has 0 saturated heterocycles. The van der Waals surface area contributed by atoms with Gasteiger partial charge in [0.1, 0.15) is 0 Å². The third-order valence-electron chi connectivity index (χ3n) is 4.05. The molecule has 0 fully saturated rings. The smallest absolute Gasteiger partial charge is 0.363 e. The fraction of sp³-hybridized carbons (Fsp3) is 0.143. The molecule has 0 atom stereocenters. The van der Waals surface area contributed by atoms with Gasteiger partial charge in [0.05, 0.1) is 31.4 Å². The molecule has 0 spiro atoms. The molecule has 0 amide bonds. The fourth-order valence-corrected chi connectivity index (χ4v) is 3.06. The number of cyclic esters (lactones) is 1. The maximum atomic E-state index is 12.2. The zero-order valence-corrected chi connectivity index (χ0v) is 17.4. The number of nitrogens with zero attached hydrogens (tertiary/aromatic N) is 1. The predicted octanol–water partition coefficient (Wildman–Crippen LogP) is 5.03. The van der Waals surface area contributed by atoms with Gasteiger partial charge in [-0.05, 0) is 35.9 Å². The summed E-state index contributed by atoms with van der Waals surface area (Å²) in [6, 6.07) is 8.68. The Morgan fingerprint density at radius 3 is 2.38 bits per heavy atom. The highest BCUT2D eigenvalue weighted by Crippen LogP contribution is 2.40. The maximum absolute atomic E-state index is 12.2. The molecule has 8 heteroatoms. The van der Waals surface area contributed by atoms with Crippen LogP contribution in [0, 0.1) is 0 Å². The topological polar surface area (TPSA) is 66.4 Å². The lowest BCUT2D eigenvalue weighted by Gasteiger charge is -2.14. The SMILES string of the molecule is COc1ccc(/C=C2N=C(/C=C/c3cccc(Cl)c3Cl)OC\2=O)c(OC)c1OC. The van der Waals surface area contributed by atoms with Gasteiger partial charge in [0, 0.05) is 11.6 Å². The highest BCUT2D eigenvalue weighted by molar-refractivity contribution is 6.42. The number of hydrogen-bond acceptors (Lipinski definition) is 6. The minimum atomic E-state index is -0.585. The zero-order valence-electron chi connectivity index (χ0n) is 15.9. The Balaban J connectivity index is 1.93. The molecular formula is C21H17Cl2NO5. The first-order valence-electron chi connectivity index (χ1n) is 8.42. The monoisotopic (exact) mass is 433 g/mol. The molecule has 2 aromatic carbocycles. The van der Waals surface area contributed by atoms with Crippen LogP contribution in [0.1, 0.15) is 11.1 Å². The number of hydrogen-bond donors (Lipinski definition) is 0. The summed E-state index contributed by atoms with van der Waals surface area (Å²) >= 11 is 12.2. The van der Waals surface area contributed by atoms with Crippen molar-refractivity contribution in [3.05, 3.63) is 63.3 Å². The van der Waals surface area contributed by atoms with E-state index in [1.165, 1.54) is 21.3 Å². The van der Waals surface area contributed by atoms with Gasteiger partial charge in [-0.2, -0.15) is 0 Å². The number of carbonyl (C=O) groups is 1. The van der Waals surface area contributed by atoms with Crippen molar-refractivity contribution in [3.8, 4) is 17.2 Å². The standard InChI is InChI=1S/C21H17Cl2NO5/c1-26-16-9-7-13(19(27-2)20(16)28-3)11-15-21(25)29-17(24-15)10-8-12-5-4-6-14(22)18(12)23/h4-11H,1-3H3/b10-8+,15-11-. The van der Waals surface area contributed by atoms with E-state index >= 15 is 0 Å². The molecule has 2 aromatic rings. The van der Waals surface area contributed by atoms with Gasteiger partial charge in [-0.15, -0.1) is 0 Å². The zero-order chi connectivity index (χ0) is 21.0. The first-order chi connectivity index (χ1) is 14.0. The van der Waals surface area contributed by atoms with Gasteiger partial charge < -0.3 is 18.9 Å². The van der Waals surface area contributed by atoms with Crippen LogP contribution in [0.15, 0.2) is 47.1 Å². The molecule has 0 bridgehead atoms. The van der Waals surface area contributed by atoms with Gasteiger partial charge in [-0.3, -0.25) is 0 Å². The fourth-order valence-electron chi connectivity index (χ4n) is 2.69. The minimum Gasteiger partial charge on any atom is -0.493 e. The van der Waals surface area contributed by atoms with Crippen LogP contribution in [-0.2, 0) is 9.53 Å². The van der Waals surface area contributed by atoms with Gasteiger partial charge in [-0.1, -0.05) is 35.3 Å². The van der Waals surface area contributed by atoms with Crippen molar-refractivity contribution in [1.82, 2.24) is 0 Å². The number of benzene rings is 2. The lowest BCUT2D eigenvalue weighted by Crippen LogP contribution is -2.01. The quantitative estimate of drug-likeness (QED) is 0.472. The highest BCUT2D eigenvalue weighted by Gasteiger charge is 2.23. The second kappa shape index (κ2) is 9.03. The van der Waals surface area contributed by atoms with Crippen molar-refractivity contribution in [2.24, 2.45) is 4.99 Å². The molecule has 29 heavy (non-hydrogen) atoms. The Hall–Kier alpha value is -2.96. The predicted molar refractivity (Wildman–Crippen MR) is 113 cm³/mol. The van der Waals surface area contributed by atoms with Crippen LogP contribution >= 0.6 is 23.2 Å². The van der Waals surface area contributed by atoms with Gasteiger partial charge in [0.2, 0.25) is 11.6 Å². The highest BCUT2D eigenvalue weighted by atomic mass is 35.5. The van der Waals surface area contributed by atoms with Gasteiger partial charge >= 0.3 is 5.97 Å². The molecule has 3 rings (SSSR count). The van der Waals surface area contributed by atoms with Crippen molar-refractivity contribution < 1.29 is 23.7 Å². The summed E-state index contributed by atoms with van der Waals surface area (Å²) in [5.74, 6) is 0.883. The van der Waals surface area contributed by atoms with Crippen LogP contribution in [0.2, 0.25) is 10.0 Å². The first kappa shape index (κ1) is 20.8. The Morgan fingerprint density at radius 1 is 0.931 bits per heavy atom. The summed E-state index contributed by atoms with van der Waals surface area (Å²) in [5, 5.41) is 0.835. The molecule has 0 aliphatic carbocycles. The van der Waals surface area contributed by atoms with E-state index in [2.05, 4.69) is 4.99 Å². The molecule has 0 saturated carbocycles. The minimum absolute atomic E-state index is 0.118. The summed E-state index contributed by atoms with van der Waals surface area (Å²) in [6.45, 7) is 0. The van der Waals surface area contributed by atoms with Crippen LogP contribution in [0.3, 0.4) is 0 Å². The number of carbonyl (C=O) groups excluding carboxylic acids is 1. The largest absolute Gasteiger partial charge is 0.493 e. The lowest BCUT2D eigenvalue weighted by atomic mass is 10.1. The van der Waals surface area contributed by atoms with Crippen molar-refractivity contribution in [2.45, 2.75) is 0 Å². The number of methoxy groups -OCH3 is 3. The van der Waals surface area contributed by atoms with Crippen LogP contribution < -0.4 is 14.2 Å². The summed E-state index contributed by atoms with van der Waals surface area (Å²) in [6.07, 6.45) is 4.76. The normalized spacial score (nSPS) is 14.9.